The molecular formula is C15H15N3O5. The largest absolute Gasteiger partial charge is 0.433 e. The summed E-state index contributed by atoms with van der Waals surface area (Å²) in [7, 11) is 3.11. The molecule has 120 valence electrons. The van der Waals surface area contributed by atoms with Crippen LogP contribution in [0.1, 0.15) is 26.5 Å². The number of hydrogen-bond acceptors (Lipinski definition) is 5. The first-order valence-corrected chi connectivity index (χ1v) is 6.73. The fraction of sp³-hybridized carbons (Fsp3) is 0.200. The Labute approximate surface area is 131 Å². The predicted molar refractivity (Wildman–Crippen MR) is 81.0 cm³/mol. The number of carbonyl (C=O) groups excluding carboxylic acids is 2. The fourth-order valence-corrected chi connectivity index (χ4v) is 1.98. The summed E-state index contributed by atoms with van der Waals surface area (Å²) in [6.45, 7) is 0.279. The first kappa shape index (κ1) is 16.2. The van der Waals surface area contributed by atoms with Crippen molar-refractivity contribution in [1.82, 2.24) is 10.2 Å². The highest BCUT2D eigenvalue weighted by Gasteiger charge is 2.20. The lowest BCUT2D eigenvalue weighted by Gasteiger charge is -2.15. The summed E-state index contributed by atoms with van der Waals surface area (Å²) >= 11 is 0. The lowest BCUT2D eigenvalue weighted by atomic mass is 10.1. The van der Waals surface area contributed by atoms with E-state index in [0.29, 0.717) is 5.56 Å². The van der Waals surface area contributed by atoms with Gasteiger partial charge in [-0.2, -0.15) is 0 Å². The molecule has 0 radical (unpaired) electrons. The Morgan fingerprint density at radius 3 is 2.39 bits per heavy atom. The number of nitrogens with zero attached hydrogens (tertiary/aromatic N) is 2. The Morgan fingerprint density at radius 1 is 1.22 bits per heavy atom. The molecule has 0 atom stereocenters. The van der Waals surface area contributed by atoms with E-state index in [2.05, 4.69) is 5.32 Å². The molecule has 0 saturated heterocycles. The van der Waals surface area contributed by atoms with Crippen LogP contribution in [0.25, 0.3) is 0 Å². The van der Waals surface area contributed by atoms with E-state index in [1.54, 1.807) is 38.4 Å². The van der Waals surface area contributed by atoms with Crippen molar-refractivity contribution in [3.05, 3.63) is 63.4 Å². The molecule has 23 heavy (non-hydrogen) atoms. The summed E-state index contributed by atoms with van der Waals surface area (Å²) in [5.74, 6) is -1.23. The van der Waals surface area contributed by atoms with E-state index in [0.717, 1.165) is 11.6 Å². The van der Waals surface area contributed by atoms with E-state index in [4.69, 9.17) is 4.42 Å². The van der Waals surface area contributed by atoms with Crippen molar-refractivity contribution >= 4 is 17.7 Å². The Morgan fingerprint density at radius 2 is 1.87 bits per heavy atom. The van der Waals surface area contributed by atoms with Crippen LogP contribution in [0.4, 0.5) is 5.88 Å². The second-order valence-electron chi connectivity index (χ2n) is 4.83. The van der Waals surface area contributed by atoms with Crippen molar-refractivity contribution in [2.45, 2.75) is 6.54 Å². The minimum Gasteiger partial charge on any atom is -0.395 e. The van der Waals surface area contributed by atoms with Crippen LogP contribution >= 0.6 is 0 Å². The van der Waals surface area contributed by atoms with Crippen LogP contribution in [0, 0.1) is 10.1 Å². The topological polar surface area (TPSA) is 106 Å². The molecule has 0 spiro atoms. The zero-order valence-electron chi connectivity index (χ0n) is 12.6. The SMILES string of the molecule is CNC(=O)c1ccc(CN(C)C(=O)c2ccc([N+](=O)[O-])o2)cc1. The zero-order chi connectivity index (χ0) is 17.0. The highest BCUT2D eigenvalue weighted by molar-refractivity contribution is 5.94. The van der Waals surface area contributed by atoms with Gasteiger partial charge < -0.3 is 14.6 Å². The molecule has 0 unspecified atom stereocenters. The highest BCUT2D eigenvalue weighted by Crippen LogP contribution is 2.17. The van der Waals surface area contributed by atoms with Crippen molar-refractivity contribution < 1.29 is 18.9 Å². The smallest absolute Gasteiger partial charge is 0.395 e. The minimum atomic E-state index is -0.700. The number of furan rings is 1. The molecule has 1 N–H and O–H groups in total. The summed E-state index contributed by atoms with van der Waals surface area (Å²) < 4.78 is 4.89. The maximum atomic E-state index is 12.2. The molecule has 0 aliphatic rings. The van der Waals surface area contributed by atoms with Crippen molar-refractivity contribution in [2.24, 2.45) is 0 Å². The highest BCUT2D eigenvalue weighted by atomic mass is 16.6. The first-order chi connectivity index (χ1) is 10.9. The molecular weight excluding hydrogens is 302 g/mol. The number of benzene rings is 1. The molecule has 0 saturated carbocycles. The molecule has 8 heteroatoms. The molecule has 0 aliphatic heterocycles. The molecule has 0 fully saturated rings. The maximum Gasteiger partial charge on any atom is 0.433 e. The third-order valence-corrected chi connectivity index (χ3v) is 3.19. The van der Waals surface area contributed by atoms with Crippen molar-refractivity contribution in [1.29, 1.82) is 0 Å². The van der Waals surface area contributed by atoms with E-state index in [1.807, 2.05) is 0 Å². The molecule has 2 rings (SSSR count). The van der Waals surface area contributed by atoms with Crippen LogP contribution in [0.2, 0.25) is 0 Å². The predicted octanol–water partition coefficient (Wildman–Crippen LogP) is 1.82. The monoisotopic (exact) mass is 317 g/mol. The molecule has 0 aliphatic carbocycles. The number of amides is 2. The van der Waals surface area contributed by atoms with Gasteiger partial charge in [-0.15, -0.1) is 0 Å². The van der Waals surface area contributed by atoms with Crippen molar-refractivity contribution in [3.63, 3.8) is 0 Å². The lowest BCUT2D eigenvalue weighted by Crippen LogP contribution is -2.25. The second kappa shape index (κ2) is 6.73. The van der Waals surface area contributed by atoms with Gasteiger partial charge in [0.05, 0.1) is 6.07 Å². The van der Waals surface area contributed by atoms with Gasteiger partial charge in [0.25, 0.3) is 11.8 Å². The molecule has 1 aromatic carbocycles. The molecule has 1 heterocycles. The van der Waals surface area contributed by atoms with Crippen LogP contribution in [0.15, 0.2) is 40.8 Å². The van der Waals surface area contributed by atoms with E-state index in [-0.39, 0.29) is 18.2 Å². The second-order valence-corrected chi connectivity index (χ2v) is 4.83. The number of carbonyl (C=O) groups is 2. The third kappa shape index (κ3) is 3.73. The van der Waals surface area contributed by atoms with Gasteiger partial charge in [-0.1, -0.05) is 12.1 Å². The van der Waals surface area contributed by atoms with Crippen LogP contribution in [-0.2, 0) is 6.54 Å². The van der Waals surface area contributed by atoms with E-state index < -0.39 is 16.7 Å². The number of nitro groups is 1. The van der Waals surface area contributed by atoms with Gasteiger partial charge in [-0.3, -0.25) is 19.7 Å². The Balaban J connectivity index is 2.05. The van der Waals surface area contributed by atoms with Crippen LogP contribution in [0.5, 0.6) is 0 Å². The van der Waals surface area contributed by atoms with E-state index in [9.17, 15) is 19.7 Å². The van der Waals surface area contributed by atoms with Crippen LogP contribution in [-0.4, -0.2) is 35.7 Å². The van der Waals surface area contributed by atoms with Gasteiger partial charge in [-0.05, 0) is 23.8 Å². The number of rotatable bonds is 5. The van der Waals surface area contributed by atoms with Gasteiger partial charge >= 0.3 is 5.88 Å². The summed E-state index contributed by atoms with van der Waals surface area (Å²) in [5, 5.41) is 13.1. The normalized spacial score (nSPS) is 10.2. The Hall–Kier alpha value is -3.16. The number of hydrogen-bond donors (Lipinski definition) is 1. The molecule has 2 amide bonds. The maximum absolute atomic E-state index is 12.2. The van der Waals surface area contributed by atoms with Crippen LogP contribution in [0.3, 0.4) is 0 Å². The quantitative estimate of drug-likeness (QED) is 0.669. The minimum absolute atomic E-state index is 0.0961. The Bertz CT molecular complexity index is 736. The van der Waals surface area contributed by atoms with Gasteiger partial charge in [0.2, 0.25) is 0 Å². The standard InChI is InChI=1S/C15H15N3O5/c1-16-14(19)11-5-3-10(4-6-11)9-17(2)15(20)12-7-8-13(23-12)18(21)22/h3-8H,9H2,1-2H3,(H,16,19). The zero-order valence-corrected chi connectivity index (χ0v) is 12.6. The molecule has 0 bridgehead atoms. The van der Waals surface area contributed by atoms with Crippen LogP contribution < -0.4 is 5.32 Å². The molecule has 1 aromatic heterocycles. The summed E-state index contributed by atoms with van der Waals surface area (Å²) in [6, 6.07) is 9.19. The molecule has 8 nitrogen and oxygen atoms in total. The van der Waals surface area contributed by atoms with E-state index in [1.165, 1.54) is 11.0 Å². The first-order valence-electron chi connectivity index (χ1n) is 6.73. The van der Waals surface area contributed by atoms with Gasteiger partial charge in [0.1, 0.15) is 4.92 Å². The van der Waals surface area contributed by atoms with Crippen molar-refractivity contribution in [3.8, 4) is 0 Å². The summed E-state index contributed by atoms with van der Waals surface area (Å²) in [4.78, 5) is 34.8. The van der Waals surface area contributed by atoms with Gasteiger partial charge in [0.15, 0.2) is 5.76 Å². The third-order valence-electron chi connectivity index (χ3n) is 3.19. The fourth-order valence-electron chi connectivity index (χ4n) is 1.98. The molecule has 2 aromatic rings. The summed E-state index contributed by atoms with van der Waals surface area (Å²) in [5.41, 5.74) is 1.33. The van der Waals surface area contributed by atoms with Gasteiger partial charge in [-0.25, -0.2) is 0 Å². The average Bonchev–Trinajstić information content (AvgIpc) is 3.04. The van der Waals surface area contributed by atoms with Gasteiger partial charge in [0, 0.05) is 26.2 Å². The Kier molecular flexibility index (Phi) is 4.75. The lowest BCUT2D eigenvalue weighted by molar-refractivity contribution is -0.402. The summed E-state index contributed by atoms with van der Waals surface area (Å²) in [6.07, 6.45) is 0. The number of nitrogens with one attached hydrogen (secondary N) is 1. The average molecular weight is 317 g/mol. The van der Waals surface area contributed by atoms with Crippen molar-refractivity contribution in [2.75, 3.05) is 14.1 Å². The van der Waals surface area contributed by atoms with E-state index >= 15 is 0 Å².